The van der Waals surface area contributed by atoms with Crippen molar-refractivity contribution in [1.29, 1.82) is 0 Å². The lowest BCUT2D eigenvalue weighted by molar-refractivity contribution is -0.0266. The fourth-order valence-electron chi connectivity index (χ4n) is 4.61. The third kappa shape index (κ3) is 13.1. The second-order valence-corrected chi connectivity index (χ2v) is 10.7. The van der Waals surface area contributed by atoms with Crippen LogP contribution in [0.3, 0.4) is 0 Å². The van der Waals surface area contributed by atoms with Crippen molar-refractivity contribution >= 4 is 6.09 Å². The number of rotatable bonds is 16. The van der Waals surface area contributed by atoms with Crippen LogP contribution >= 0.6 is 0 Å². The fraction of sp³-hybridized carbons (Fsp3) is 0.690. The highest BCUT2D eigenvalue weighted by Gasteiger charge is 2.33. The third-order valence-corrected chi connectivity index (χ3v) is 6.58. The van der Waals surface area contributed by atoms with Crippen LogP contribution in [0.1, 0.15) is 68.2 Å². The Morgan fingerprint density at radius 3 is 2.03 bits per heavy atom. The van der Waals surface area contributed by atoms with Gasteiger partial charge in [-0.05, 0) is 31.6 Å². The zero-order valence-electron chi connectivity index (χ0n) is 23.1. The zero-order chi connectivity index (χ0) is 27.3. The third-order valence-electron chi connectivity index (χ3n) is 6.58. The highest BCUT2D eigenvalue weighted by molar-refractivity contribution is 5.64. The van der Waals surface area contributed by atoms with Gasteiger partial charge in [0.15, 0.2) is 0 Å². The minimum Gasteiger partial charge on any atom is -0.445 e. The van der Waals surface area contributed by atoms with Crippen LogP contribution in [0.2, 0.25) is 0 Å². The summed E-state index contributed by atoms with van der Waals surface area (Å²) < 4.78 is 5.35. The first-order valence-electron chi connectivity index (χ1n) is 12.9. The summed E-state index contributed by atoms with van der Waals surface area (Å²) in [5, 5.41) is 31.8. The number of aliphatic hydroxyl groups excluding tert-OH is 3. The van der Waals surface area contributed by atoms with Gasteiger partial charge >= 0.3 is 6.09 Å². The molecule has 1 amide bonds. The molecule has 0 radical (unpaired) electrons. The summed E-state index contributed by atoms with van der Waals surface area (Å²) >= 11 is 0. The van der Waals surface area contributed by atoms with Crippen molar-refractivity contribution in [3.05, 3.63) is 48.6 Å². The monoisotopic (exact) mass is 493 g/mol. The molecule has 0 aliphatic carbocycles. The zero-order valence-corrected chi connectivity index (χ0v) is 23.1. The minimum atomic E-state index is -0.862. The number of amides is 1. The molecule has 0 saturated carbocycles. The van der Waals surface area contributed by atoms with Crippen molar-refractivity contribution in [2.45, 2.75) is 92.6 Å². The maximum absolute atomic E-state index is 11.5. The molecule has 0 aromatic heterocycles. The van der Waals surface area contributed by atoms with Crippen LogP contribution in [0.5, 0.6) is 0 Å². The summed E-state index contributed by atoms with van der Waals surface area (Å²) in [6.07, 6.45) is 9.11. The predicted octanol–water partition coefficient (Wildman–Crippen LogP) is 5.39. The van der Waals surface area contributed by atoms with E-state index in [1.165, 1.54) is 0 Å². The van der Waals surface area contributed by atoms with Gasteiger partial charge in [0.05, 0.1) is 18.3 Å². The molecule has 0 aromatic carbocycles. The number of hydrogen-bond donors (Lipinski definition) is 4. The number of ether oxygens (including phenoxy) is 1. The molecule has 0 rings (SSSR count). The number of nitrogens with two attached hydrogens (primary N) is 1. The van der Waals surface area contributed by atoms with Gasteiger partial charge in [0.2, 0.25) is 0 Å². The second-order valence-electron chi connectivity index (χ2n) is 10.7. The standard InChI is InChI=1S/C29H51NO5/c1-10-11-12-21(6)28(35-29(30)34)24(9)27(33)23(8)17-19(4)16-22(7)26(32)20(5)13-14-25(31)15-18(2)3/h10-14,16,18,20-28,31-33H,1,15,17H2,2-9H3,(H2,30,34). The second kappa shape index (κ2) is 16.7. The number of carbonyl (C=O) groups is 1. The molecule has 0 aliphatic rings. The molecular weight excluding hydrogens is 442 g/mol. The van der Waals surface area contributed by atoms with Gasteiger partial charge in [-0.1, -0.05) is 97.1 Å². The molecule has 9 atom stereocenters. The summed E-state index contributed by atoms with van der Waals surface area (Å²) in [5.74, 6) is -0.352. The van der Waals surface area contributed by atoms with Crippen LogP contribution in [-0.4, -0.2) is 45.8 Å². The van der Waals surface area contributed by atoms with Gasteiger partial charge in [0, 0.05) is 23.7 Å². The maximum atomic E-state index is 11.5. The highest BCUT2D eigenvalue weighted by atomic mass is 16.6. The van der Waals surface area contributed by atoms with Gasteiger partial charge in [-0.15, -0.1) is 0 Å². The van der Waals surface area contributed by atoms with Crippen molar-refractivity contribution in [2.24, 2.45) is 41.2 Å². The molecule has 202 valence electrons. The van der Waals surface area contributed by atoms with Crippen LogP contribution in [0.15, 0.2) is 48.6 Å². The summed E-state index contributed by atoms with van der Waals surface area (Å²) in [7, 11) is 0. The van der Waals surface area contributed by atoms with E-state index < -0.39 is 30.5 Å². The molecule has 0 aliphatic heterocycles. The Morgan fingerprint density at radius 1 is 0.914 bits per heavy atom. The van der Waals surface area contributed by atoms with Gasteiger partial charge in [-0.2, -0.15) is 0 Å². The quantitative estimate of drug-likeness (QED) is 0.170. The van der Waals surface area contributed by atoms with Crippen LogP contribution in [-0.2, 0) is 4.74 Å². The summed E-state index contributed by atoms with van der Waals surface area (Å²) in [6.45, 7) is 19.4. The van der Waals surface area contributed by atoms with E-state index in [4.69, 9.17) is 10.5 Å². The molecule has 0 aromatic rings. The molecule has 0 heterocycles. The molecule has 35 heavy (non-hydrogen) atoms. The maximum Gasteiger partial charge on any atom is 0.404 e. The molecule has 9 unspecified atom stereocenters. The van der Waals surface area contributed by atoms with Gasteiger partial charge in [0.1, 0.15) is 6.10 Å². The Bertz CT molecular complexity index is 714. The Balaban J connectivity index is 5.18. The average molecular weight is 494 g/mol. The Kier molecular flexibility index (Phi) is 15.8. The molecule has 0 saturated heterocycles. The normalized spacial score (nSPS) is 20.7. The Hall–Kier alpha value is -1.89. The van der Waals surface area contributed by atoms with E-state index >= 15 is 0 Å². The predicted molar refractivity (Wildman–Crippen MR) is 145 cm³/mol. The summed E-state index contributed by atoms with van der Waals surface area (Å²) in [5.41, 5.74) is 6.35. The summed E-state index contributed by atoms with van der Waals surface area (Å²) in [4.78, 5) is 11.5. The van der Waals surface area contributed by atoms with Gasteiger partial charge in [-0.25, -0.2) is 4.79 Å². The van der Waals surface area contributed by atoms with E-state index in [1.54, 1.807) is 18.2 Å². The fourth-order valence-corrected chi connectivity index (χ4v) is 4.61. The average Bonchev–Trinajstić information content (AvgIpc) is 2.76. The molecular formula is C29H51NO5. The van der Waals surface area contributed by atoms with E-state index in [2.05, 4.69) is 20.4 Å². The summed E-state index contributed by atoms with van der Waals surface area (Å²) in [6, 6.07) is 0. The number of hydrogen-bond acceptors (Lipinski definition) is 5. The SMILES string of the molecule is C=CC=CC(C)C(OC(N)=O)C(C)C(O)C(C)CC(C)=CC(C)C(O)C(C)C=CC(O)CC(C)C. The molecule has 0 bridgehead atoms. The molecule has 0 fully saturated rings. The largest absolute Gasteiger partial charge is 0.445 e. The lowest BCUT2D eigenvalue weighted by atomic mass is 9.81. The van der Waals surface area contributed by atoms with Gasteiger partial charge in [0.25, 0.3) is 0 Å². The highest BCUT2D eigenvalue weighted by Crippen LogP contribution is 2.29. The first kappa shape index (κ1) is 33.1. The number of carbonyl (C=O) groups excluding carboxylic acids is 1. The van der Waals surface area contributed by atoms with Crippen LogP contribution in [0.4, 0.5) is 4.79 Å². The van der Waals surface area contributed by atoms with Gasteiger partial charge < -0.3 is 25.8 Å². The number of aliphatic hydroxyl groups is 3. The molecule has 5 N–H and O–H groups in total. The van der Waals surface area contributed by atoms with E-state index in [9.17, 15) is 20.1 Å². The van der Waals surface area contributed by atoms with Crippen LogP contribution in [0.25, 0.3) is 0 Å². The first-order chi connectivity index (χ1) is 16.2. The van der Waals surface area contributed by atoms with E-state index in [0.29, 0.717) is 18.8 Å². The number of allylic oxidation sites excluding steroid dienone is 3. The van der Waals surface area contributed by atoms with Crippen molar-refractivity contribution in [3.63, 3.8) is 0 Å². The minimum absolute atomic E-state index is 0.0892. The molecule has 0 spiro atoms. The van der Waals surface area contributed by atoms with E-state index in [1.807, 2.05) is 59.8 Å². The van der Waals surface area contributed by atoms with Crippen molar-refractivity contribution < 1.29 is 24.9 Å². The molecule has 6 nitrogen and oxygen atoms in total. The van der Waals surface area contributed by atoms with E-state index in [0.717, 1.165) is 5.57 Å². The topological polar surface area (TPSA) is 113 Å². The van der Waals surface area contributed by atoms with Crippen molar-refractivity contribution in [1.82, 2.24) is 0 Å². The molecule has 6 heteroatoms. The Labute approximate surface area is 213 Å². The lowest BCUT2D eigenvalue weighted by Crippen LogP contribution is -2.41. The smallest absolute Gasteiger partial charge is 0.404 e. The number of primary amides is 1. The first-order valence-corrected chi connectivity index (χ1v) is 12.9. The van der Waals surface area contributed by atoms with Gasteiger partial charge in [-0.3, -0.25) is 0 Å². The Morgan fingerprint density at radius 2 is 1.51 bits per heavy atom. The van der Waals surface area contributed by atoms with Crippen molar-refractivity contribution in [3.8, 4) is 0 Å². The lowest BCUT2D eigenvalue weighted by Gasteiger charge is -2.33. The van der Waals surface area contributed by atoms with E-state index in [-0.39, 0.29) is 29.6 Å². The van der Waals surface area contributed by atoms with Crippen molar-refractivity contribution in [2.75, 3.05) is 0 Å². The van der Waals surface area contributed by atoms with Crippen LogP contribution < -0.4 is 5.73 Å². The van der Waals surface area contributed by atoms with Crippen LogP contribution in [0, 0.1) is 35.5 Å².